The molecule has 0 bridgehead atoms. The highest BCUT2D eigenvalue weighted by Gasteiger charge is 2.39. The van der Waals surface area contributed by atoms with Gasteiger partial charge in [0, 0.05) is 31.2 Å². The quantitative estimate of drug-likeness (QED) is 0.754. The lowest BCUT2D eigenvalue weighted by Crippen LogP contribution is -2.60. The lowest BCUT2D eigenvalue weighted by atomic mass is 10.0. The van der Waals surface area contributed by atoms with Gasteiger partial charge in [0.15, 0.2) is 5.15 Å². The molecule has 0 aliphatic carbocycles. The Morgan fingerprint density at radius 1 is 1.19 bits per heavy atom. The van der Waals surface area contributed by atoms with E-state index in [1.165, 1.54) is 10.6 Å². The SMILES string of the molecule is CC1(C)CN(c2cc(OCc3ccccc3)nnc2Cl)CCN1S(C)(=O)=O. The van der Waals surface area contributed by atoms with Crippen molar-refractivity contribution < 1.29 is 13.2 Å². The normalized spacial score (nSPS) is 17.7. The van der Waals surface area contributed by atoms with E-state index in [9.17, 15) is 8.42 Å². The maximum atomic E-state index is 12.0. The number of ether oxygens (including phenoxy) is 1. The Morgan fingerprint density at radius 3 is 2.52 bits per heavy atom. The second-order valence-corrected chi connectivity index (χ2v) is 9.47. The summed E-state index contributed by atoms with van der Waals surface area (Å²) in [7, 11) is -3.28. The Kier molecular flexibility index (Phi) is 5.60. The molecule has 146 valence electrons. The monoisotopic (exact) mass is 410 g/mol. The summed E-state index contributed by atoms with van der Waals surface area (Å²) in [4.78, 5) is 2.02. The highest BCUT2D eigenvalue weighted by atomic mass is 35.5. The topological polar surface area (TPSA) is 75.6 Å². The molecule has 3 rings (SSSR count). The second-order valence-electron chi connectivity index (χ2n) is 7.20. The van der Waals surface area contributed by atoms with Crippen molar-refractivity contribution in [3.05, 3.63) is 47.1 Å². The molecule has 0 unspecified atom stereocenters. The summed E-state index contributed by atoms with van der Waals surface area (Å²) >= 11 is 6.26. The van der Waals surface area contributed by atoms with Gasteiger partial charge in [-0.25, -0.2) is 8.42 Å². The van der Waals surface area contributed by atoms with E-state index in [2.05, 4.69) is 10.2 Å². The molecule has 1 fully saturated rings. The first-order valence-corrected chi connectivity index (χ1v) is 10.8. The van der Waals surface area contributed by atoms with Crippen LogP contribution in [0.25, 0.3) is 0 Å². The van der Waals surface area contributed by atoms with Gasteiger partial charge in [0.25, 0.3) is 0 Å². The predicted molar refractivity (Wildman–Crippen MR) is 106 cm³/mol. The Bertz CT molecular complexity index is 906. The number of sulfonamides is 1. The molecule has 0 atom stereocenters. The Labute approximate surface area is 165 Å². The number of halogens is 1. The van der Waals surface area contributed by atoms with Crippen molar-refractivity contribution in [1.29, 1.82) is 0 Å². The van der Waals surface area contributed by atoms with E-state index in [-0.39, 0.29) is 5.15 Å². The van der Waals surface area contributed by atoms with Gasteiger partial charge in [-0.05, 0) is 19.4 Å². The number of nitrogens with zero attached hydrogens (tertiary/aromatic N) is 4. The van der Waals surface area contributed by atoms with Gasteiger partial charge < -0.3 is 9.64 Å². The summed E-state index contributed by atoms with van der Waals surface area (Å²) in [5.41, 5.74) is 1.15. The molecule has 1 aromatic carbocycles. The van der Waals surface area contributed by atoms with E-state index >= 15 is 0 Å². The largest absolute Gasteiger partial charge is 0.472 e. The molecule has 1 aromatic heterocycles. The van der Waals surface area contributed by atoms with E-state index in [0.29, 0.717) is 37.8 Å². The third-order valence-corrected chi connectivity index (χ3v) is 6.25. The lowest BCUT2D eigenvalue weighted by Gasteiger charge is -2.46. The van der Waals surface area contributed by atoms with Gasteiger partial charge in [0.2, 0.25) is 15.9 Å². The molecule has 7 nitrogen and oxygen atoms in total. The minimum Gasteiger partial charge on any atom is -0.472 e. The zero-order valence-electron chi connectivity index (χ0n) is 15.6. The molecule has 1 aliphatic rings. The molecule has 9 heteroatoms. The maximum Gasteiger partial charge on any atom is 0.235 e. The predicted octanol–water partition coefficient (Wildman–Crippen LogP) is 2.57. The molecular weight excluding hydrogens is 388 g/mol. The number of rotatable bonds is 5. The molecule has 1 saturated heterocycles. The van der Waals surface area contributed by atoms with Gasteiger partial charge in [-0.2, -0.15) is 4.31 Å². The molecule has 2 aromatic rings. The van der Waals surface area contributed by atoms with Crippen molar-refractivity contribution in [2.45, 2.75) is 26.0 Å². The number of aromatic nitrogens is 2. The summed E-state index contributed by atoms with van der Waals surface area (Å²) in [6.07, 6.45) is 1.24. The maximum absolute atomic E-state index is 12.0. The fourth-order valence-corrected chi connectivity index (χ4v) is 4.91. The van der Waals surface area contributed by atoms with Crippen LogP contribution in [-0.4, -0.2) is 54.3 Å². The summed E-state index contributed by atoms with van der Waals surface area (Å²) < 4.78 is 31.3. The molecule has 0 amide bonds. The molecule has 0 radical (unpaired) electrons. The van der Waals surface area contributed by atoms with E-state index in [1.807, 2.05) is 49.1 Å². The number of hydrogen-bond acceptors (Lipinski definition) is 6. The van der Waals surface area contributed by atoms with Crippen molar-refractivity contribution >= 4 is 27.3 Å². The van der Waals surface area contributed by atoms with Crippen molar-refractivity contribution in [2.24, 2.45) is 0 Å². The van der Waals surface area contributed by atoms with Crippen molar-refractivity contribution in [2.75, 3.05) is 30.8 Å². The van der Waals surface area contributed by atoms with Gasteiger partial charge in [0.1, 0.15) is 6.61 Å². The van der Waals surface area contributed by atoms with E-state index < -0.39 is 15.6 Å². The second kappa shape index (κ2) is 7.61. The fraction of sp³-hybridized carbons (Fsp3) is 0.444. The van der Waals surface area contributed by atoms with E-state index in [0.717, 1.165) is 5.56 Å². The lowest BCUT2D eigenvalue weighted by molar-refractivity contribution is 0.206. The Hall–Kier alpha value is -1.90. The van der Waals surface area contributed by atoms with Crippen LogP contribution in [0.1, 0.15) is 19.4 Å². The van der Waals surface area contributed by atoms with Crippen LogP contribution in [0.15, 0.2) is 36.4 Å². The van der Waals surface area contributed by atoms with Crippen molar-refractivity contribution in [3.63, 3.8) is 0 Å². The van der Waals surface area contributed by atoms with Crippen LogP contribution in [0.5, 0.6) is 5.88 Å². The first kappa shape index (κ1) is 19.9. The molecule has 27 heavy (non-hydrogen) atoms. The first-order chi connectivity index (χ1) is 12.7. The van der Waals surface area contributed by atoms with Gasteiger partial charge >= 0.3 is 0 Å². The van der Waals surface area contributed by atoms with Gasteiger partial charge in [-0.3, -0.25) is 0 Å². The van der Waals surface area contributed by atoms with Crippen LogP contribution in [0.3, 0.4) is 0 Å². The third-order valence-electron chi connectivity index (χ3n) is 4.50. The molecule has 0 spiro atoms. The van der Waals surface area contributed by atoms with E-state index in [4.69, 9.17) is 16.3 Å². The molecule has 2 heterocycles. The number of piperazine rings is 1. The number of anilines is 1. The van der Waals surface area contributed by atoms with Crippen molar-refractivity contribution in [1.82, 2.24) is 14.5 Å². The summed E-state index contributed by atoms with van der Waals surface area (Å²) in [5.74, 6) is 0.376. The van der Waals surface area contributed by atoms with Crippen LogP contribution in [0.2, 0.25) is 5.15 Å². The van der Waals surface area contributed by atoms with Crippen LogP contribution < -0.4 is 9.64 Å². The third kappa shape index (κ3) is 4.69. The fourth-order valence-electron chi connectivity index (χ4n) is 3.33. The zero-order valence-corrected chi connectivity index (χ0v) is 17.2. The van der Waals surface area contributed by atoms with Crippen LogP contribution >= 0.6 is 11.6 Å². The Morgan fingerprint density at radius 2 is 1.89 bits per heavy atom. The molecular formula is C18H23ClN4O3S. The van der Waals surface area contributed by atoms with Gasteiger partial charge in [-0.15, -0.1) is 10.2 Å². The minimum atomic E-state index is -3.28. The van der Waals surface area contributed by atoms with Crippen molar-refractivity contribution in [3.8, 4) is 5.88 Å². The summed E-state index contributed by atoms with van der Waals surface area (Å²) in [5, 5.41) is 8.27. The highest BCUT2D eigenvalue weighted by molar-refractivity contribution is 7.88. The summed E-state index contributed by atoms with van der Waals surface area (Å²) in [6.45, 7) is 5.56. The summed E-state index contributed by atoms with van der Waals surface area (Å²) in [6, 6.07) is 11.5. The molecule has 1 aliphatic heterocycles. The van der Waals surface area contributed by atoms with Gasteiger partial charge in [-0.1, -0.05) is 41.9 Å². The average molecular weight is 411 g/mol. The smallest absolute Gasteiger partial charge is 0.235 e. The average Bonchev–Trinajstić information content (AvgIpc) is 2.60. The van der Waals surface area contributed by atoms with Crippen LogP contribution in [0, 0.1) is 0 Å². The number of hydrogen-bond donors (Lipinski definition) is 0. The molecule has 0 N–H and O–H groups in total. The number of benzene rings is 1. The Balaban J connectivity index is 1.77. The first-order valence-electron chi connectivity index (χ1n) is 8.59. The van der Waals surface area contributed by atoms with Crippen LogP contribution in [0.4, 0.5) is 5.69 Å². The molecule has 0 saturated carbocycles. The minimum absolute atomic E-state index is 0.269. The van der Waals surface area contributed by atoms with E-state index in [1.54, 1.807) is 6.07 Å². The van der Waals surface area contributed by atoms with Gasteiger partial charge in [0.05, 0.1) is 11.9 Å². The standard InChI is InChI=1S/C18H23ClN4O3S/c1-18(2)13-22(9-10-23(18)27(3,24)25)15-11-16(20-21-17(15)19)26-12-14-7-5-4-6-8-14/h4-8,11H,9-10,12-13H2,1-3H3. The highest BCUT2D eigenvalue weighted by Crippen LogP contribution is 2.32. The zero-order chi connectivity index (χ0) is 19.7. The van der Waals surface area contributed by atoms with Crippen LogP contribution in [-0.2, 0) is 16.6 Å².